The Morgan fingerprint density at radius 1 is 0.439 bits per heavy atom. The van der Waals surface area contributed by atoms with Crippen LogP contribution < -0.4 is 0 Å². The first-order chi connectivity index (χ1) is 18.8. The van der Waals surface area contributed by atoms with Crippen LogP contribution in [-0.2, 0) is 31.9 Å². The first kappa shape index (κ1) is 36.2. The standard InChI is InChI=1S/C38H54S2.Pd/c1-23(2)31-17-33(25(5)6)37(34(18-31)26(7)8)39-21-29-15-13-14-16-30(29)22-40-38-35(27(9)10)19-32(24(3)4)20-36(38)28(11)12;/h13-20,23-28H,21-22H2,1-12H3;. The Kier molecular flexibility index (Phi) is 14.3. The minimum absolute atomic E-state index is 0. The smallest absolute Gasteiger partial charge is 0.0235 e. The van der Waals surface area contributed by atoms with E-state index in [1.807, 2.05) is 0 Å². The summed E-state index contributed by atoms with van der Waals surface area (Å²) in [6.07, 6.45) is 0. The van der Waals surface area contributed by atoms with Crippen molar-refractivity contribution < 1.29 is 20.4 Å². The molecule has 0 saturated heterocycles. The molecule has 0 amide bonds. The fraction of sp³-hybridized carbons (Fsp3) is 0.526. The second-order valence-corrected chi connectivity index (χ2v) is 15.3. The predicted octanol–water partition coefficient (Wildman–Crippen LogP) is 13.0. The van der Waals surface area contributed by atoms with Crippen LogP contribution in [0.2, 0.25) is 0 Å². The Balaban J connectivity index is 0.00000588. The molecule has 0 aliphatic heterocycles. The van der Waals surface area contributed by atoms with E-state index in [2.05, 4.69) is 155 Å². The topological polar surface area (TPSA) is 0 Å². The molecule has 3 aromatic carbocycles. The van der Waals surface area contributed by atoms with Gasteiger partial charge in [-0.2, -0.15) is 0 Å². The maximum atomic E-state index is 2.48. The average Bonchev–Trinajstić information content (AvgIpc) is 2.89. The average molecular weight is 681 g/mol. The van der Waals surface area contributed by atoms with Gasteiger partial charge in [0, 0.05) is 41.7 Å². The zero-order chi connectivity index (χ0) is 29.7. The van der Waals surface area contributed by atoms with Gasteiger partial charge in [0.25, 0.3) is 0 Å². The zero-order valence-electron chi connectivity index (χ0n) is 27.6. The van der Waals surface area contributed by atoms with E-state index in [1.54, 1.807) is 0 Å². The molecule has 0 atom stereocenters. The van der Waals surface area contributed by atoms with Crippen LogP contribution in [0.15, 0.2) is 58.3 Å². The molecule has 0 bridgehead atoms. The summed E-state index contributed by atoms with van der Waals surface area (Å²) in [4.78, 5) is 3.01. The minimum atomic E-state index is 0. The van der Waals surface area contributed by atoms with E-state index in [0.29, 0.717) is 35.5 Å². The molecule has 0 N–H and O–H groups in total. The van der Waals surface area contributed by atoms with Crippen LogP contribution in [0.25, 0.3) is 0 Å². The number of thioether (sulfide) groups is 2. The number of rotatable bonds is 12. The molecular formula is C38H54PdS2. The number of hydrogen-bond acceptors (Lipinski definition) is 2. The molecule has 228 valence electrons. The maximum Gasteiger partial charge on any atom is 0.0235 e. The molecule has 41 heavy (non-hydrogen) atoms. The van der Waals surface area contributed by atoms with Crippen molar-refractivity contribution in [1.29, 1.82) is 0 Å². The van der Waals surface area contributed by atoms with Crippen molar-refractivity contribution in [3.8, 4) is 0 Å². The van der Waals surface area contributed by atoms with Gasteiger partial charge in [-0.3, -0.25) is 0 Å². The Morgan fingerprint density at radius 2 is 0.707 bits per heavy atom. The van der Waals surface area contributed by atoms with Crippen molar-refractivity contribution in [2.75, 3.05) is 0 Å². The van der Waals surface area contributed by atoms with Crippen molar-refractivity contribution in [3.05, 3.63) is 93.0 Å². The van der Waals surface area contributed by atoms with Crippen LogP contribution in [0.5, 0.6) is 0 Å². The van der Waals surface area contributed by atoms with E-state index < -0.39 is 0 Å². The molecule has 0 saturated carbocycles. The van der Waals surface area contributed by atoms with Crippen LogP contribution in [0.4, 0.5) is 0 Å². The molecule has 0 heterocycles. The molecular weight excluding hydrogens is 627 g/mol. The number of hydrogen-bond donors (Lipinski definition) is 0. The van der Waals surface area contributed by atoms with E-state index in [4.69, 9.17) is 0 Å². The van der Waals surface area contributed by atoms with Crippen LogP contribution in [0, 0.1) is 0 Å². The van der Waals surface area contributed by atoms with Crippen molar-refractivity contribution in [2.45, 2.75) is 140 Å². The van der Waals surface area contributed by atoms with Crippen LogP contribution in [0.3, 0.4) is 0 Å². The molecule has 0 fully saturated rings. The van der Waals surface area contributed by atoms with Gasteiger partial charge in [0.15, 0.2) is 0 Å². The van der Waals surface area contributed by atoms with Gasteiger partial charge in [-0.25, -0.2) is 0 Å². The molecule has 0 radical (unpaired) electrons. The number of benzene rings is 3. The summed E-state index contributed by atoms with van der Waals surface area (Å²) < 4.78 is 0. The normalized spacial score (nSPS) is 12.0. The van der Waals surface area contributed by atoms with Crippen molar-refractivity contribution in [1.82, 2.24) is 0 Å². The van der Waals surface area contributed by atoms with Gasteiger partial charge in [0.1, 0.15) is 0 Å². The third-order valence-electron chi connectivity index (χ3n) is 8.02. The Bertz CT molecular complexity index is 1110. The summed E-state index contributed by atoms with van der Waals surface area (Å²) in [5, 5.41) is 0. The molecule has 0 aliphatic rings. The van der Waals surface area contributed by atoms with E-state index in [9.17, 15) is 0 Å². The Morgan fingerprint density at radius 3 is 0.927 bits per heavy atom. The van der Waals surface area contributed by atoms with Gasteiger partial charge in [0.2, 0.25) is 0 Å². The largest absolute Gasteiger partial charge is 0.121 e. The van der Waals surface area contributed by atoms with Gasteiger partial charge < -0.3 is 0 Å². The fourth-order valence-electron chi connectivity index (χ4n) is 5.25. The third kappa shape index (κ3) is 9.25. The Labute approximate surface area is 275 Å². The quantitative estimate of drug-likeness (QED) is 0.138. The fourth-order valence-corrected chi connectivity index (χ4v) is 8.26. The van der Waals surface area contributed by atoms with Gasteiger partial charge in [-0.05, 0) is 80.0 Å². The molecule has 0 aliphatic carbocycles. The molecule has 0 aromatic heterocycles. The molecule has 0 nitrogen and oxygen atoms in total. The van der Waals surface area contributed by atoms with Gasteiger partial charge >= 0.3 is 0 Å². The summed E-state index contributed by atoms with van der Waals surface area (Å²) >= 11 is 4.10. The first-order valence-corrected chi connectivity index (χ1v) is 17.5. The predicted molar refractivity (Wildman–Crippen MR) is 183 cm³/mol. The van der Waals surface area contributed by atoms with E-state index >= 15 is 0 Å². The van der Waals surface area contributed by atoms with Crippen LogP contribution in [0.1, 0.15) is 163 Å². The SMILES string of the molecule is CC(C)c1cc(C(C)C)c(SCc2ccccc2CSc2c(C(C)C)cc(C(C)C)cc2C(C)C)c(C(C)C)c1.[Pd]. The second kappa shape index (κ2) is 16.2. The monoisotopic (exact) mass is 680 g/mol. The second-order valence-electron chi connectivity index (χ2n) is 13.3. The first-order valence-electron chi connectivity index (χ1n) is 15.5. The minimum Gasteiger partial charge on any atom is -0.121 e. The summed E-state index contributed by atoms with van der Waals surface area (Å²) in [5.74, 6) is 5.18. The summed E-state index contributed by atoms with van der Waals surface area (Å²) in [5.41, 5.74) is 11.9. The van der Waals surface area contributed by atoms with Gasteiger partial charge in [-0.15, -0.1) is 23.5 Å². The molecule has 3 heteroatoms. The third-order valence-corrected chi connectivity index (χ3v) is 10.5. The summed E-state index contributed by atoms with van der Waals surface area (Å²) in [7, 11) is 0. The van der Waals surface area contributed by atoms with Crippen LogP contribution >= 0.6 is 23.5 Å². The summed E-state index contributed by atoms with van der Waals surface area (Å²) in [6, 6.07) is 19.1. The molecule has 0 unspecified atom stereocenters. The van der Waals surface area contributed by atoms with Crippen molar-refractivity contribution in [2.24, 2.45) is 0 Å². The van der Waals surface area contributed by atoms with Crippen LogP contribution in [-0.4, -0.2) is 0 Å². The zero-order valence-corrected chi connectivity index (χ0v) is 30.8. The Hall–Kier alpha value is -0.978. The molecule has 3 aromatic rings. The maximum absolute atomic E-state index is 2.48. The van der Waals surface area contributed by atoms with Gasteiger partial charge in [-0.1, -0.05) is 132 Å². The van der Waals surface area contributed by atoms with E-state index in [1.165, 1.54) is 54.3 Å². The van der Waals surface area contributed by atoms with E-state index in [0.717, 1.165) is 11.5 Å². The molecule has 3 rings (SSSR count). The van der Waals surface area contributed by atoms with Crippen molar-refractivity contribution >= 4 is 23.5 Å². The summed E-state index contributed by atoms with van der Waals surface area (Å²) in [6.45, 7) is 28.1. The molecule has 0 spiro atoms. The van der Waals surface area contributed by atoms with E-state index in [-0.39, 0.29) is 20.4 Å². The van der Waals surface area contributed by atoms with Gasteiger partial charge in [0.05, 0.1) is 0 Å². The van der Waals surface area contributed by atoms with Crippen molar-refractivity contribution in [3.63, 3.8) is 0 Å².